The summed E-state index contributed by atoms with van der Waals surface area (Å²) in [6.45, 7) is 0.478. The molecule has 0 bridgehead atoms. The molecule has 1 aromatic heterocycles. The number of halogens is 2. The molecular weight excluding hydrogens is 404 g/mol. The molecular formula is C23H19F2N3O3. The second-order valence-electron chi connectivity index (χ2n) is 7.68. The maximum atomic E-state index is 13.8. The first-order chi connectivity index (χ1) is 15.0. The number of aromatic nitrogens is 2. The highest BCUT2D eigenvalue weighted by molar-refractivity contribution is 6.07. The van der Waals surface area contributed by atoms with Crippen LogP contribution in [0, 0.1) is 11.6 Å². The molecule has 2 aliphatic rings. The SMILES string of the molecule is COC(=O)c1ccc2c(c1)CCN2C(=O)c1nn(-c2ccc(F)c(F)c2)c2c1CCC2. The molecule has 158 valence electrons. The zero-order valence-electron chi connectivity index (χ0n) is 16.8. The Hall–Kier alpha value is -3.55. The van der Waals surface area contributed by atoms with Crippen LogP contribution in [-0.2, 0) is 24.0 Å². The van der Waals surface area contributed by atoms with E-state index in [1.807, 2.05) is 0 Å². The molecule has 8 heteroatoms. The Bertz CT molecular complexity index is 1240. The summed E-state index contributed by atoms with van der Waals surface area (Å²) in [6.07, 6.45) is 2.92. The Morgan fingerprint density at radius 1 is 1.03 bits per heavy atom. The Labute approximate surface area is 177 Å². The van der Waals surface area contributed by atoms with E-state index in [1.165, 1.54) is 13.2 Å². The van der Waals surface area contributed by atoms with Crippen LogP contribution in [0.3, 0.4) is 0 Å². The highest BCUT2D eigenvalue weighted by Crippen LogP contribution is 2.33. The maximum absolute atomic E-state index is 13.8. The van der Waals surface area contributed by atoms with Gasteiger partial charge in [-0.15, -0.1) is 0 Å². The van der Waals surface area contributed by atoms with Gasteiger partial charge in [0.2, 0.25) is 0 Å². The third-order valence-corrected chi connectivity index (χ3v) is 5.92. The van der Waals surface area contributed by atoms with Crippen molar-refractivity contribution >= 4 is 17.6 Å². The standard InChI is InChI=1S/C23H19F2N3O3/c1-31-23(30)14-5-8-19-13(11-14)9-10-27(19)22(29)21-16-3-2-4-20(16)28(26-21)15-6-7-17(24)18(25)12-15/h5-8,11-12H,2-4,9-10H2,1H3. The van der Waals surface area contributed by atoms with Crippen molar-refractivity contribution in [3.8, 4) is 5.69 Å². The number of fused-ring (bicyclic) bond motifs is 2. The summed E-state index contributed by atoms with van der Waals surface area (Å²) in [6, 6.07) is 8.75. The minimum Gasteiger partial charge on any atom is -0.465 e. The Kier molecular flexibility index (Phi) is 4.57. The van der Waals surface area contributed by atoms with Crippen LogP contribution in [0.5, 0.6) is 0 Å². The van der Waals surface area contributed by atoms with Crippen LogP contribution in [0.2, 0.25) is 0 Å². The van der Waals surface area contributed by atoms with Gasteiger partial charge < -0.3 is 9.64 Å². The average molecular weight is 423 g/mol. The number of carbonyl (C=O) groups excluding carboxylic acids is 2. The summed E-state index contributed by atoms with van der Waals surface area (Å²) < 4.78 is 33.5. The molecule has 0 fully saturated rings. The first-order valence-corrected chi connectivity index (χ1v) is 10.1. The maximum Gasteiger partial charge on any atom is 0.337 e. The molecule has 0 radical (unpaired) electrons. The minimum atomic E-state index is -0.956. The zero-order valence-corrected chi connectivity index (χ0v) is 16.8. The fourth-order valence-corrected chi connectivity index (χ4v) is 4.42. The van der Waals surface area contributed by atoms with Crippen LogP contribution in [0.15, 0.2) is 36.4 Å². The van der Waals surface area contributed by atoms with E-state index in [9.17, 15) is 18.4 Å². The quantitative estimate of drug-likeness (QED) is 0.604. The van der Waals surface area contributed by atoms with E-state index < -0.39 is 17.6 Å². The van der Waals surface area contributed by atoms with Crippen molar-refractivity contribution in [2.24, 2.45) is 0 Å². The summed E-state index contributed by atoms with van der Waals surface area (Å²) in [4.78, 5) is 26.9. The number of carbonyl (C=O) groups is 2. The molecule has 0 spiro atoms. The Morgan fingerprint density at radius 3 is 2.65 bits per heavy atom. The number of ether oxygens (including phenoxy) is 1. The number of benzene rings is 2. The highest BCUT2D eigenvalue weighted by Gasteiger charge is 2.33. The predicted molar refractivity (Wildman–Crippen MR) is 109 cm³/mol. The van der Waals surface area contributed by atoms with Gasteiger partial charge in [-0.25, -0.2) is 18.3 Å². The molecule has 0 saturated carbocycles. The van der Waals surface area contributed by atoms with Crippen molar-refractivity contribution in [3.63, 3.8) is 0 Å². The topological polar surface area (TPSA) is 64.4 Å². The molecule has 0 saturated heterocycles. The molecule has 5 rings (SSSR count). The van der Waals surface area contributed by atoms with Gasteiger partial charge >= 0.3 is 5.97 Å². The summed E-state index contributed by atoms with van der Waals surface area (Å²) in [5, 5.41) is 4.51. The monoisotopic (exact) mass is 423 g/mol. The molecule has 31 heavy (non-hydrogen) atoms. The number of amides is 1. The van der Waals surface area contributed by atoms with E-state index in [-0.39, 0.29) is 5.91 Å². The molecule has 2 aromatic carbocycles. The second kappa shape index (κ2) is 7.30. The number of nitrogens with zero attached hydrogens (tertiary/aromatic N) is 3. The molecule has 6 nitrogen and oxygen atoms in total. The van der Waals surface area contributed by atoms with Gasteiger partial charge in [-0.1, -0.05) is 0 Å². The second-order valence-corrected chi connectivity index (χ2v) is 7.68. The average Bonchev–Trinajstić information content (AvgIpc) is 3.49. The van der Waals surface area contributed by atoms with E-state index >= 15 is 0 Å². The minimum absolute atomic E-state index is 0.232. The number of esters is 1. The van der Waals surface area contributed by atoms with Gasteiger partial charge in [0, 0.05) is 29.6 Å². The van der Waals surface area contributed by atoms with Crippen molar-refractivity contribution in [2.45, 2.75) is 25.7 Å². The summed E-state index contributed by atoms with van der Waals surface area (Å²) >= 11 is 0. The van der Waals surface area contributed by atoms with Crippen molar-refractivity contribution in [1.29, 1.82) is 0 Å². The van der Waals surface area contributed by atoms with Gasteiger partial charge in [-0.05, 0) is 61.6 Å². The molecule has 0 N–H and O–H groups in total. The fourth-order valence-electron chi connectivity index (χ4n) is 4.42. The number of hydrogen-bond acceptors (Lipinski definition) is 4. The van der Waals surface area contributed by atoms with Crippen molar-refractivity contribution in [1.82, 2.24) is 9.78 Å². The van der Waals surface area contributed by atoms with E-state index in [2.05, 4.69) is 5.10 Å². The summed E-state index contributed by atoms with van der Waals surface area (Å²) in [5.41, 5.74) is 4.52. The lowest BCUT2D eigenvalue weighted by molar-refractivity contribution is 0.0600. The first-order valence-electron chi connectivity index (χ1n) is 10.1. The van der Waals surface area contributed by atoms with Crippen LogP contribution in [-0.4, -0.2) is 35.3 Å². The van der Waals surface area contributed by atoms with E-state index in [1.54, 1.807) is 27.8 Å². The lowest BCUT2D eigenvalue weighted by Gasteiger charge is -2.17. The highest BCUT2D eigenvalue weighted by atomic mass is 19.2. The van der Waals surface area contributed by atoms with E-state index in [4.69, 9.17) is 4.74 Å². The molecule has 1 aliphatic heterocycles. The first kappa shape index (κ1) is 19.4. The van der Waals surface area contributed by atoms with Crippen LogP contribution >= 0.6 is 0 Å². The van der Waals surface area contributed by atoms with Gasteiger partial charge in [0.1, 0.15) is 0 Å². The number of methoxy groups -OCH3 is 1. The van der Waals surface area contributed by atoms with E-state index in [0.29, 0.717) is 42.8 Å². The van der Waals surface area contributed by atoms with Crippen LogP contribution in [0.25, 0.3) is 5.69 Å². The van der Waals surface area contributed by atoms with Crippen LogP contribution in [0.4, 0.5) is 14.5 Å². The lowest BCUT2D eigenvalue weighted by Crippen LogP contribution is -2.30. The normalized spacial score (nSPS) is 14.5. The van der Waals surface area contributed by atoms with Crippen molar-refractivity contribution in [3.05, 3.63) is 76.1 Å². The molecule has 3 aromatic rings. The number of rotatable bonds is 3. The lowest BCUT2D eigenvalue weighted by atomic mass is 10.1. The molecule has 0 unspecified atom stereocenters. The van der Waals surface area contributed by atoms with Crippen molar-refractivity contribution in [2.75, 3.05) is 18.6 Å². The molecule has 1 amide bonds. The van der Waals surface area contributed by atoms with E-state index in [0.717, 1.165) is 41.1 Å². The summed E-state index contributed by atoms with van der Waals surface area (Å²) in [5.74, 6) is -2.54. The third kappa shape index (κ3) is 3.10. The zero-order chi connectivity index (χ0) is 21.7. The third-order valence-electron chi connectivity index (χ3n) is 5.92. The number of anilines is 1. The Balaban J connectivity index is 1.52. The van der Waals surface area contributed by atoms with Crippen LogP contribution < -0.4 is 4.90 Å². The van der Waals surface area contributed by atoms with Gasteiger partial charge in [-0.3, -0.25) is 4.79 Å². The smallest absolute Gasteiger partial charge is 0.337 e. The van der Waals surface area contributed by atoms with Gasteiger partial charge in [0.15, 0.2) is 17.3 Å². The van der Waals surface area contributed by atoms with Crippen LogP contribution in [0.1, 0.15) is 44.1 Å². The summed E-state index contributed by atoms with van der Waals surface area (Å²) in [7, 11) is 1.33. The number of hydrogen-bond donors (Lipinski definition) is 0. The Morgan fingerprint density at radius 2 is 1.87 bits per heavy atom. The van der Waals surface area contributed by atoms with Gasteiger partial charge in [-0.2, -0.15) is 5.10 Å². The molecule has 0 atom stereocenters. The van der Waals surface area contributed by atoms with Gasteiger partial charge in [0.05, 0.1) is 18.4 Å². The predicted octanol–water partition coefficient (Wildman–Crippen LogP) is 3.63. The molecule has 2 heterocycles. The van der Waals surface area contributed by atoms with Gasteiger partial charge in [0.25, 0.3) is 5.91 Å². The molecule has 1 aliphatic carbocycles. The van der Waals surface area contributed by atoms with Crippen molar-refractivity contribution < 1.29 is 23.1 Å². The fraction of sp³-hybridized carbons (Fsp3) is 0.261. The largest absolute Gasteiger partial charge is 0.465 e.